The van der Waals surface area contributed by atoms with E-state index in [9.17, 15) is 4.79 Å². The lowest BCUT2D eigenvalue weighted by Crippen LogP contribution is -2.60. The Kier molecular flexibility index (Phi) is 4.97. The molecule has 0 spiro atoms. The van der Waals surface area contributed by atoms with Crippen molar-refractivity contribution in [3.05, 3.63) is 0 Å². The number of carbonyl (C=O) groups excluding carboxylic acids is 1. The van der Waals surface area contributed by atoms with E-state index in [1.165, 1.54) is 32.1 Å². The molecule has 132 valence electrons. The van der Waals surface area contributed by atoms with Gasteiger partial charge in [-0.3, -0.25) is 4.79 Å². The summed E-state index contributed by atoms with van der Waals surface area (Å²) in [4.78, 5) is 15.4. The van der Waals surface area contributed by atoms with E-state index in [0.717, 1.165) is 36.5 Å². The Hall–Kier alpha value is -0.320. The SMILES string of the molecule is CN(C(=O)C1(CN)CCOCC1)C1C2CC3CC(C2)CC1C3.Cl. The summed E-state index contributed by atoms with van der Waals surface area (Å²) < 4.78 is 5.47. The second-order valence-electron chi connectivity index (χ2n) is 8.43. The normalized spacial score (nSPS) is 40.5. The van der Waals surface area contributed by atoms with Gasteiger partial charge in [0.05, 0.1) is 5.41 Å². The quantitative estimate of drug-likeness (QED) is 0.857. The van der Waals surface area contributed by atoms with Crippen LogP contribution in [0.3, 0.4) is 0 Å². The third-order valence-corrected chi connectivity index (χ3v) is 7.24. The smallest absolute Gasteiger partial charge is 0.230 e. The minimum absolute atomic E-state index is 0. The Bertz CT molecular complexity index is 422. The van der Waals surface area contributed by atoms with Gasteiger partial charge in [0.1, 0.15) is 0 Å². The predicted molar refractivity (Wildman–Crippen MR) is 92.4 cm³/mol. The highest BCUT2D eigenvalue weighted by molar-refractivity contribution is 5.85. The number of halogens is 1. The van der Waals surface area contributed by atoms with Crippen molar-refractivity contribution in [3.63, 3.8) is 0 Å². The number of carbonyl (C=O) groups is 1. The van der Waals surface area contributed by atoms with Crippen molar-refractivity contribution in [3.8, 4) is 0 Å². The molecule has 0 aromatic rings. The van der Waals surface area contributed by atoms with Crippen LogP contribution in [0.15, 0.2) is 0 Å². The highest BCUT2D eigenvalue weighted by Gasteiger charge is 2.52. The van der Waals surface area contributed by atoms with Crippen molar-refractivity contribution < 1.29 is 9.53 Å². The molecule has 5 rings (SSSR count). The summed E-state index contributed by atoms with van der Waals surface area (Å²) in [5, 5.41) is 0. The minimum Gasteiger partial charge on any atom is -0.381 e. The van der Waals surface area contributed by atoms with Gasteiger partial charge in [-0.1, -0.05) is 0 Å². The standard InChI is InChI=1S/C18H30N2O2.ClH/c1-20(17(21)18(11-19)2-4-22-5-3-18)16-14-7-12-6-13(9-14)10-15(16)8-12;/h12-16H,2-11,19H2,1H3;1H. The fraction of sp³-hybridized carbons (Fsp3) is 0.944. The number of hydrogen-bond acceptors (Lipinski definition) is 3. The number of nitrogens with zero attached hydrogens (tertiary/aromatic N) is 1. The van der Waals surface area contributed by atoms with E-state index < -0.39 is 0 Å². The summed E-state index contributed by atoms with van der Waals surface area (Å²) in [6.07, 6.45) is 8.46. The maximum atomic E-state index is 13.3. The second kappa shape index (κ2) is 6.53. The first-order chi connectivity index (χ1) is 10.6. The molecular formula is C18H31ClN2O2. The summed E-state index contributed by atoms with van der Waals surface area (Å²) in [5.41, 5.74) is 5.69. The Labute approximate surface area is 145 Å². The molecule has 0 aromatic carbocycles. The highest BCUT2D eigenvalue weighted by Crippen LogP contribution is 2.55. The van der Waals surface area contributed by atoms with Crippen LogP contribution in [-0.2, 0) is 9.53 Å². The van der Waals surface area contributed by atoms with Gasteiger partial charge < -0.3 is 15.4 Å². The molecule has 0 aromatic heterocycles. The molecule has 4 aliphatic carbocycles. The van der Waals surface area contributed by atoms with Crippen molar-refractivity contribution in [1.29, 1.82) is 0 Å². The predicted octanol–water partition coefficient (Wildman–Crippen LogP) is 2.45. The Morgan fingerprint density at radius 1 is 1.09 bits per heavy atom. The van der Waals surface area contributed by atoms with Crippen LogP contribution in [0, 0.1) is 29.1 Å². The van der Waals surface area contributed by atoms with E-state index in [1.807, 2.05) is 0 Å². The molecule has 5 aliphatic rings. The Balaban J connectivity index is 0.00000156. The van der Waals surface area contributed by atoms with Crippen molar-refractivity contribution >= 4 is 18.3 Å². The van der Waals surface area contributed by atoms with Crippen LogP contribution in [-0.4, -0.2) is 43.7 Å². The highest BCUT2D eigenvalue weighted by atomic mass is 35.5. The lowest BCUT2D eigenvalue weighted by molar-refractivity contribution is -0.156. The lowest BCUT2D eigenvalue weighted by atomic mass is 9.53. The zero-order valence-corrected chi connectivity index (χ0v) is 15.0. The van der Waals surface area contributed by atoms with Gasteiger partial charge in [-0.05, 0) is 68.6 Å². The third-order valence-electron chi connectivity index (χ3n) is 7.24. The van der Waals surface area contributed by atoms with Crippen LogP contribution in [0.1, 0.15) is 44.9 Å². The van der Waals surface area contributed by atoms with Gasteiger partial charge in [0.2, 0.25) is 5.91 Å². The monoisotopic (exact) mass is 342 g/mol. The summed E-state index contributed by atoms with van der Waals surface area (Å²) in [7, 11) is 2.06. The molecule has 5 fully saturated rings. The summed E-state index contributed by atoms with van der Waals surface area (Å²) in [6, 6.07) is 0.478. The van der Waals surface area contributed by atoms with Gasteiger partial charge in [-0.2, -0.15) is 0 Å². The average Bonchev–Trinajstić information content (AvgIpc) is 2.53. The van der Waals surface area contributed by atoms with E-state index in [2.05, 4.69) is 11.9 Å². The van der Waals surface area contributed by atoms with Gasteiger partial charge >= 0.3 is 0 Å². The van der Waals surface area contributed by atoms with Crippen LogP contribution >= 0.6 is 12.4 Å². The molecule has 0 radical (unpaired) electrons. The molecule has 2 N–H and O–H groups in total. The summed E-state index contributed by atoms with van der Waals surface area (Å²) in [6.45, 7) is 1.82. The van der Waals surface area contributed by atoms with Crippen LogP contribution in [0.4, 0.5) is 0 Å². The summed E-state index contributed by atoms with van der Waals surface area (Å²) in [5.74, 6) is 3.71. The molecular weight excluding hydrogens is 312 g/mol. The molecule has 5 heteroatoms. The van der Waals surface area contributed by atoms with E-state index in [0.29, 0.717) is 31.7 Å². The number of hydrogen-bond donors (Lipinski definition) is 1. The molecule has 0 unspecified atom stereocenters. The number of rotatable bonds is 3. The number of amides is 1. The van der Waals surface area contributed by atoms with E-state index >= 15 is 0 Å². The number of ether oxygens (including phenoxy) is 1. The Morgan fingerprint density at radius 2 is 1.61 bits per heavy atom. The zero-order valence-electron chi connectivity index (χ0n) is 14.2. The average molecular weight is 343 g/mol. The topological polar surface area (TPSA) is 55.6 Å². The van der Waals surface area contributed by atoms with Crippen molar-refractivity contribution in [2.45, 2.75) is 51.0 Å². The molecule has 0 atom stereocenters. The molecule has 23 heavy (non-hydrogen) atoms. The minimum atomic E-state index is -0.359. The van der Waals surface area contributed by atoms with Gasteiger partial charge in [-0.25, -0.2) is 0 Å². The fourth-order valence-electron chi connectivity index (χ4n) is 6.31. The first-order valence-corrected chi connectivity index (χ1v) is 9.18. The summed E-state index contributed by atoms with van der Waals surface area (Å²) >= 11 is 0. The van der Waals surface area contributed by atoms with Crippen molar-refractivity contribution in [2.24, 2.45) is 34.8 Å². The van der Waals surface area contributed by atoms with Crippen molar-refractivity contribution in [1.82, 2.24) is 4.90 Å². The molecule has 1 amide bonds. The van der Waals surface area contributed by atoms with Gasteiger partial charge in [0.15, 0.2) is 0 Å². The van der Waals surface area contributed by atoms with Gasteiger partial charge in [0, 0.05) is 32.8 Å². The lowest BCUT2D eigenvalue weighted by Gasteiger charge is -2.57. The molecule has 4 nitrogen and oxygen atoms in total. The third kappa shape index (κ3) is 2.81. The van der Waals surface area contributed by atoms with Crippen LogP contribution in [0.5, 0.6) is 0 Å². The molecule has 1 aliphatic heterocycles. The zero-order chi connectivity index (χ0) is 15.3. The second-order valence-corrected chi connectivity index (χ2v) is 8.43. The van der Waals surface area contributed by atoms with Gasteiger partial charge in [-0.15, -0.1) is 12.4 Å². The largest absolute Gasteiger partial charge is 0.381 e. The Morgan fingerprint density at radius 3 is 2.09 bits per heavy atom. The molecule has 4 saturated carbocycles. The van der Waals surface area contributed by atoms with Crippen molar-refractivity contribution in [2.75, 3.05) is 26.8 Å². The van der Waals surface area contributed by atoms with Crippen LogP contribution < -0.4 is 5.73 Å². The fourth-order valence-corrected chi connectivity index (χ4v) is 6.31. The van der Waals surface area contributed by atoms with Gasteiger partial charge in [0.25, 0.3) is 0 Å². The molecule has 1 saturated heterocycles. The maximum absolute atomic E-state index is 13.3. The molecule has 1 heterocycles. The van der Waals surface area contributed by atoms with E-state index in [-0.39, 0.29) is 17.8 Å². The molecule has 4 bridgehead atoms. The number of nitrogens with two attached hydrogens (primary N) is 1. The maximum Gasteiger partial charge on any atom is 0.230 e. The van der Waals surface area contributed by atoms with Crippen LogP contribution in [0.2, 0.25) is 0 Å². The first kappa shape index (κ1) is 17.5. The van der Waals surface area contributed by atoms with E-state index in [4.69, 9.17) is 10.5 Å². The van der Waals surface area contributed by atoms with E-state index in [1.54, 1.807) is 0 Å². The van der Waals surface area contributed by atoms with Crippen LogP contribution in [0.25, 0.3) is 0 Å². The first-order valence-electron chi connectivity index (χ1n) is 9.18.